The molecule has 0 aromatic heterocycles. The average molecular weight is 429 g/mol. The molecule has 1 aliphatic rings. The number of benzene rings is 2. The van der Waals surface area contributed by atoms with Crippen LogP contribution in [0.15, 0.2) is 59.9 Å². The van der Waals surface area contributed by atoms with Gasteiger partial charge in [-0.1, -0.05) is 12.1 Å². The molecule has 0 aliphatic carbocycles. The maximum absolute atomic E-state index is 12.7. The van der Waals surface area contributed by atoms with Crippen LogP contribution in [0.1, 0.15) is 16.8 Å². The van der Waals surface area contributed by atoms with E-state index in [4.69, 9.17) is 10.00 Å². The summed E-state index contributed by atoms with van der Waals surface area (Å²) in [7, 11) is 3.51. The first-order valence-corrected chi connectivity index (χ1v) is 9.55. The number of ketones is 1. The van der Waals surface area contributed by atoms with Crippen LogP contribution in [0.5, 0.6) is 0 Å². The summed E-state index contributed by atoms with van der Waals surface area (Å²) in [5.74, 6) is -1.42. The summed E-state index contributed by atoms with van der Waals surface area (Å²) in [5, 5.41) is 20.6. The van der Waals surface area contributed by atoms with Crippen molar-refractivity contribution in [1.82, 2.24) is 0 Å². The van der Waals surface area contributed by atoms with E-state index in [9.17, 15) is 19.6 Å². The Labute approximate surface area is 184 Å². The minimum Gasteiger partial charge on any atom is -0.454 e. The maximum atomic E-state index is 12.7. The maximum Gasteiger partial charge on any atom is 0.338 e. The molecule has 1 heterocycles. The van der Waals surface area contributed by atoms with Crippen molar-refractivity contribution in [1.29, 1.82) is 10.5 Å². The molecule has 2 aromatic rings. The van der Waals surface area contributed by atoms with Crippen LogP contribution < -0.4 is 15.1 Å². The van der Waals surface area contributed by atoms with Crippen LogP contribution in [0, 0.1) is 22.7 Å². The second kappa shape index (κ2) is 9.45. The number of carbonyl (C=O) groups is 3. The first-order valence-electron chi connectivity index (χ1n) is 9.55. The van der Waals surface area contributed by atoms with Gasteiger partial charge in [0.15, 0.2) is 6.61 Å². The molecule has 0 saturated carbocycles. The molecule has 0 atom stereocenters. The van der Waals surface area contributed by atoms with Crippen molar-refractivity contribution in [3.63, 3.8) is 0 Å². The Hall–Kier alpha value is -4.63. The van der Waals surface area contributed by atoms with Gasteiger partial charge in [-0.05, 0) is 36.4 Å². The zero-order chi connectivity index (χ0) is 23.3. The van der Waals surface area contributed by atoms with Gasteiger partial charge in [-0.2, -0.15) is 10.5 Å². The Bertz CT molecular complexity index is 1160. The molecule has 1 amide bonds. The van der Waals surface area contributed by atoms with Gasteiger partial charge in [0.25, 0.3) is 0 Å². The van der Waals surface area contributed by atoms with Crippen molar-refractivity contribution in [2.24, 2.45) is 0 Å². The molecule has 1 aliphatic heterocycles. The number of rotatable bonds is 6. The lowest BCUT2D eigenvalue weighted by Crippen LogP contribution is -2.27. The van der Waals surface area contributed by atoms with Gasteiger partial charge in [-0.15, -0.1) is 0 Å². The first kappa shape index (κ1) is 22.1. The van der Waals surface area contributed by atoms with E-state index < -0.39 is 24.3 Å². The Morgan fingerprint density at radius 3 is 2.09 bits per heavy atom. The largest absolute Gasteiger partial charge is 0.454 e. The highest BCUT2D eigenvalue weighted by Crippen LogP contribution is 2.40. The molecule has 2 aromatic carbocycles. The molecule has 0 spiro atoms. The molecule has 32 heavy (non-hydrogen) atoms. The molecule has 0 radical (unpaired) electrons. The van der Waals surface area contributed by atoms with E-state index in [0.29, 0.717) is 11.5 Å². The number of Topliss-reactive ketones (excluding diaryl/α,β-unsaturated/α-hetero) is 1. The van der Waals surface area contributed by atoms with Crippen molar-refractivity contribution in [3.05, 3.63) is 65.5 Å². The molecule has 9 heteroatoms. The van der Waals surface area contributed by atoms with Crippen molar-refractivity contribution in [3.8, 4) is 12.1 Å². The SMILES string of the molecule is CN1C(=C(C#N)C(=O)COC(=O)c2ccc(NC(=O)CC#N)cc2)N(C)c2ccccc21. The molecule has 0 saturated heterocycles. The summed E-state index contributed by atoms with van der Waals surface area (Å²) in [6.45, 7) is -0.593. The number of amides is 1. The molecule has 3 rings (SSSR count). The highest BCUT2D eigenvalue weighted by Gasteiger charge is 2.31. The number of hydrogen-bond donors (Lipinski definition) is 1. The van der Waals surface area contributed by atoms with Gasteiger partial charge in [0.2, 0.25) is 11.7 Å². The van der Waals surface area contributed by atoms with Gasteiger partial charge in [0.1, 0.15) is 23.9 Å². The van der Waals surface area contributed by atoms with E-state index >= 15 is 0 Å². The Kier molecular flexibility index (Phi) is 6.52. The lowest BCUT2D eigenvalue weighted by molar-refractivity contribution is -0.118. The van der Waals surface area contributed by atoms with E-state index in [-0.39, 0.29) is 17.6 Å². The molecular weight excluding hydrogens is 410 g/mol. The number of carbonyl (C=O) groups excluding carboxylic acids is 3. The molecule has 9 nitrogen and oxygen atoms in total. The van der Waals surface area contributed by atoms with Crippen molar-refractivity contribution >= 4 is 34.7 Å². The third kappa shape index (κ3) is 4.42. The fraction of sp³-hybridized carbons (Fsp3) is 0.174. The number of hydrogen-bond acceptors (Lipinski definition) is 8. The average Bonchev–Trinajstić information content (AvgIpc) is 3.04. The van der Waals surface area contributed by atoms with Crippen LogP contribution in [-0.4, -0.2) is 38.4 Å². The fourth-order valence-electron chi connectivity index (χ4n) is 3.31. The number of ether oxygens (including phenoxy) is 1. The first-order chi connectivity index (χ1) is 15.4. The highest BCUT2D eigenvalue weighted by atomic mass is 16.5. The Balaban J connectivity index is 1.68. The standard InChI is InChI=1S/C23H19N5O4/c1-27-18-5-3-4-6-19(18)28(2)22(27)17(13-25)20(29)14-32-23(31)15-7-9-16(10-8-15)26-21(30)11-12-24/h3-10H,11,14H2,1-2H3,(H,26,30). The van der Waals surface area contributed by atoms with Gasteiger partial charge < -0.3 is 19.9 Å². The topological polar surface area (TPSA) is 127 Å². The molecular formula is C23H19N5O4. The second-order valence-corrected chi connectivity index (χ2v) is 6.88. The van der Waals surface area contributed by atoms with E-state index in [1.807, 2.05) is 30.3 Å². The number of esters is 1. The Morgan fingerprint density at radius 1 is 0.969 bits per heavy atom. The quantitative estimate of drug-likeness (QED) is 0.422. The van der Waals surface area contributed by atoms with Crippen LogP contribution in [-0.2, 0) is 14.3 Å². The predicted octanol–water partition coefficient (Wildman–Crippen LogP) is 2.59. The summed E-state index contributed by atoms with van der Waals surface area (Å²) >= 11 is 0. The molecule has 0 unspecified atom stereocenters. The Morgan fingerprint density at radius 2 is 1.56 bits per heavy atom. The van der Waals surface area contributed by atoms with E-state index in [0.717, 1.165) is 11.4 Å². The summed E-state index contributed by atoms with van der Waals surface area (Å²) in [4.78, 5) is 39.9. The van der Waals surface area contributed by atoms with Gasteiger partial charge in [-0.3, -0.25) is 9.59 Å². The van der Waals surface area contributed by atoms with Crippen LogP contribution in [0.2, 0.25) is 0 Å². The summed E-state index contributed by atoms with van der Waals surface area (Å²) < 4.78 is 5.10. The normalized spacial score (nSPS) is 11.8. The highest BCUT2D eigenvalue weighted by molar-refractivity contribution is 6.04. The third-order valence-corrected chi connectivity index (χ3v) is 4.83. The summed E-state index contributed by atoms with van der Waals surface area (Å²) in [6, 6.07) is 17.0. The number of anilines is 3. The number of fused-ring (bicyclic) bond motifs is 1. The monoisotopic (exact) mass is 429 g/mol. The molecule has 160 valence electrons. The van der Waals surface area contributed by atoms with Crippen LogP contribution in [0.25, 0.3) is 0 Å². The summed E-state index contributed by atoms with van der Waals surface area (Å²) in [6.07, 6.45) is -0.280. The minimum atomic E-state index is -0.744. The summed E-state index contributed by atoms with van der Waals surface area (Å²) in [5.41, 5.74) is 2.18. The number of para-hydroxylation sites is 2. The van der Waals surface area contributed by atoms with Gasteiger partial charge >= 0.3 is 5.97 Å². The fourth-order valence-corrected chi connectivity index (χ4v) is 3.31. The van der Waals surface area contributed by atoms with E-state index in [1.54, 1.807) is 30.0 Å². The molecule has 0 bridgehead atoms. The molecule has 0 fully saturated rings. The van der Waals surface area contributed by atoms with Crippen molar-refractivity contribution < 1.29 is 19.1 Å². The third-order valence-electron chi connectivity index (χ3n) is 4.83. The zero-order valence-electron chi connectivity index (χ0n) is 17.5. The second-order valence-electron chi connectivity index (χ2n) is 6.88. The van der Waals surface area contributed by atoms with Gasteiger partial charge in [0.05, 0.1) is 23.0 Å². The van der Waals surface area contributed by atoms with Crippen molar-refractivity contribution in [2.45, 2.75) is 6.42 Å². The zero-order valence-corrected chi connectivity index (χ0v) is 17.5. The van der Waals surface area contributed by atoms with Crippen LogP contribution >= 0.6 is 0 Å². The van der Waals surface area contributed by atoms with Crippen molar-refractivity contribution in [2.75, 3.05) is 35.8 Å². The van der Waals surface area contributed by atoms with Crippen LogP contribution in [0.3, 0.4) is 0 Å². The lowest BCUT2D eigenvalue weighted by Gasteiger charge is -2.19. The number of nitrogens with one attached hydrogen (secondary N) is 1. The lowest BCUT2D eigenvalue weighted by atomic mass is 10.1. The van der Waals surface area contributed by atoms with E-state index in [2.05, 4.69) is 5.32 Å². The van der Waals surface area contributed by atoms with E-state index in [1.165, 1.54) is 24.3 Å². The van der Waals surface area contributed by atoms with Crippen LogP contribution in [0.4, 0.5) is 17.1 Å². The number of nitrogens with zero attached hydrogens (tertiary/aromatic N) is 4. The predicted molar refractivity (Wildman–Crippen MR) is 116 cm³/mol. The minimum absolute atomic E-state index is 0.116. The van der Waals surface area contributed by atoms with Gasteiger partial charge in [0, 0.05) is 19.8 Å². The van der Waals surface area contributed by atoms with Gasteiger partial charge in [-0.25, -0.2) is 4.79 Å². The molecule has 1 N–H and O–H groups in total. The smallest absolute Gasteiger partial charge is 0.338 e. The number of nitriles is 2.